The number of hydrogen-bond acceptors (Lipinski definition) is 3. The lowest BCUT2D eigenvalue weighted by atomic mass is 9.77. The summed E-state index contributed by atoms with van der Waals surface area (Å²) in [5, 5.41) is 0. The Bertz CT molecular complexity index is 211. The number of nitrogens with two attached hydrogens (primary N) is 1. The Morgan fingerprint density at radius 2 is 1.89 bits per heavy atom. The molecule has 0 bridgehead atoms. The van der Waals surface area contributed by atoms with Crippen LogP contribution in [0.5, 0.6) is 0 Å². The molecular formula is C15H31NO2. The molecule has 1 rings (SSSR count). The standard InChI is InChI=1S/C15H31NO2/c1-4-5-14-6-8-15(12-16,9-7-14)18-11-10-17-13(2)3/h13-14H,4-12,16H2,1-3H3. The Balaban J connectivity index is 2.27. The molecule has 0 aliphatic heterocycles. The van der Waals surface area contributed by atoms with E-state index in [1.165, 1.54) is 25.7 Å². The van der Waals surface area contributed by atoms with Gasteiger partial charge in [-0.2, -0.15) is 0 Å². The average molecular weight is 257 g/mol. The van der Waals surface area contributed by atoms with Crippen LogP contribution in [0.4, 0.5) is 0 Å². The Kier molecular flexibility index (Phi) is 7.20. The first-order valence-corrected chi connectivity index (χ1v) is 7.57. The summed E-state index contributed by atoms with van der Waals surface area (Å²) in [4.78, 5) is 0. The van der Waals surface area contributed by atoms with Crippen molar-refractivity contribution in [1.82, 2.24) is 0 Å². The van der Waals surface area contributed by atoms with E-state index in [9.17, 15) is 0 Å². The molecule has 0 unspecified atom stereocenters. The van der Waals surface area contributed by atoms with Crippen molar-refractivity contribution in [1.29, 1.82) is 0 Å². The van der Waals surface area contributed by atoms with Gasteiger partial charge < -0.3 is 15.2 Å². The molecule has 0 aromatic heterocycles. The van der Waals surface area contributed by atoms with Crippen LogP contribution in [-0.4, -0.2) is 31.5 Å². The fourth-order valence-corrected chi connectivity index (χ4v) is 2.85. The van der Waals surface area contributed by atoms with E-state index in [0.29, 0.717) is 19.8 Å². The van der Waals surface area contributed by atoms with Crippen LogP contribution in [0.2, 0.25) is 0 Å². The van der Waals surface area contributed by atoms with Crippen molar-refractivity contribution in [2.75, 3.05) is 19.8 Å². The van der Waals surface area contributed by atoms with Gasteiger partial charge in [-0.3, -0.25) is 0 Å². The van der Waals surface area contributed by atoms with Gasteiger partial charge in [0.25, 0.3) is 0 Å². The van der Waals surface area contributed by atoms with Crippen molar-refractivity contribution in [3.8, 4) is 0 Å². The van der Waals surface area contributed by atoms with Crippen LogP contribution in [-0.2, 0) is 9.47 Å². The molecule has 0 spiro atoms. The third-order valence-corrected chi connectivity index (χ3v) is 4.03. The molecule has 0 aromatic carbocycles. The molecule has 0 aromatic rings. The molecule has 3 nitrogen and oxygen atoms in total. The van der Waals surface area contributed by atoms with Gasteiger partial charge in [-0.05, 0) is 45.4 Å². The first-order valence-electron chi connectivity index (χ1n) is 7.57. The Morgan fingerprint density at radius 1 is 1.22 bits per heavy atom. The minimum absolute atomic E-state index is 0.0649. The third kappa shape index (κ3) is 5.25. The largest absolute Gasteiger partial charge is 0.376 e. The van der Waals surface area contributed by atoms with E-state index in [-0.39, 0.29) is 11.7 Å². The van der Waals surface area contributed by atoms with E-state index >= 15 is 0 Å². The molecule has 18 heavy (non-hydrogen) atoms. The van der Waals surface area contributed by atoms with Gasteiger partial charge in [-0.25, -0.2) is 0 Å². The van der Waals surface area contributed by atoms with Crippen LogP contribution in [0.3, 0.4) is 0 Å². The molecule has 0 heterocycles. The summed E-state index contributed by atoms with van der Waals surface area (Å²) in [6.45, 7) is 8.37. The Morgan fingerprint density at radius 3 is 2.39 bits per heavy atom. The van der Waals surface area contributed by atoms with E-state index in [0.717, 1.165) is 18.8 Å². The van der Waals surface area contributed by atoms with Gasteiger partial charge in [-0.15, -0.1) is 0 Å². The van der Waals surface area contributed by atoms with Gasteiger partial charge in [0, 0.05) is 6.54 Å². The molecule has 108 valence electrons. The van der Waals surface area contributed by atoms with Crippen molar-refractivity contribution in [2.45, 2.75) is 71.0 Å². The summed E-state index contributed by atoms with van der Waals surface area (Å²) in [6, 6.07) is 0. The Labute approximate surface area is 112 Å². The molecule has 1 fully saturated rings. The minimum atomic E-state index is -0.0649. The zero-order valence-electron chi connectivity index (χ0n) is 12.4. The lowest BCUT2D eigenvalue weighted by molar-refractivity contribution is -0.0938. The summed E-state index contributed by atoms with van der Waals surface area (Å²) in [6.07, 6.45) is 7.72. The van der Waals surface area contributed by atoms with Crippen molar-refractivity contribution in [2.24, 2.45) is 11.7 Å². The molecule has 0 radical (unpaired) electrons. The quantitative estimate of drug-likeness (QED) is 0.679. The SMILES string of the molecule is CCCC1CCC(CN)(OCCOC(C)C)CC1. The van der Waals surface area contributed by atoms with E-state index < -0.39 is 0 Å². The van der Waals surface area contributed by atoms with Gasteiger partial charge in [0.15, 0.2) is 0 Å². The van der Waals surface area contributed by atoms with Gasteiger partial charge in [0.05, 0.1) is 24.9 Å². The fourth-order valence-electron chi connectivity index (χ4n) is 2.85. The summed E-state index contributed by atoms with van der Waals surface area (Å²) in [7, 11) is 0. The molecule has 2 N–H and O–H groups in total. The maximum atomic E-state index is 6.05. The molecule has 1 saturated carbocycles. The predicted octanol–water partition coefficient (Wildman–Crippen LogP) is 3.12. The first kappa shape index (κ1) is 15.9. The highest BCUT2D eigenvalue weighted by molar-refractivity contribution is 4.88. The molecule has 0 amide bonds. The number of rotatable bonds is 8. The van der Waals surface area contributed by atoms with Crippen LogP contribution in [0.25, 0.3) is 0 Å². The van der Waals surface area contributed by atoms with Crippen molar-refractivity contribution in [3.05, 3.63) is 0 Å². The summed E-state index contributed by atoms with van der Waals surface area (Å²) in [5.41, 5.74) is 5.87. The van der Waals surface area contributed by atoms with Crippen LogP contribution in [0, 0.1) is 5.92 Å². The van der Waals surface area contributed by atoms with Crippen LogP contribution in [0.15, 0.2) is 0 Å². The van der Waals surface area contributed by atoms with Crippen LogP contribution >= 0.6 is 0 Å². The zero-order valence-corrected chi connectivity index (χ0v) is 12.4. The lowest BCUT2D eigenvalue weighted by Crippen LogP contribution is -2.44. The second kappa shape index (κ2) is 8.13. The highest BCUT2D eigenvalue weighted by atomic mass is 16.5. The summed E-state index contributed by atoms with van der Waals surface area (Å²) < 4.78 is 11.6. The zero-order chi connectivity index (χ0) is 13.4. The molecular weight excluding hydrogens is 226 g/mol. The van der Waals surface area contributed by atoms with Crippen LogP contribution in [0.1, 0.15) is 59.3 Å². The first-order chi connectivity index (χ1) is 8.62. The number of hydrogen-bond donors (Lipinski definition) is 1. The van der Waals surface area contributed by atoms with Gasteiger partial charge in [-0.1, -0.05) is 19.8 Å². The maximum absolute atomic E-state index is 6.05. The summed E-state index contributed by atoms with van der Waals surface area (Å²) in [5.74, 6) is 0.894. The lowest BCUT2D eigenvalue weighted by Gasteiger charge is -2.39. The maximum Gasteiger partial charge on any atom is 0.0805 e. The van der Waals surface area contributed by atoms with Crippen molar-refractivity contribution < 1.29 is 9.47 Å². The second-order valence-corrected chi connectivity index (χ2v) is 5.89. The topological polar surface area (TPSA) is 44.5 Å². The second-order valence-electron chi connectivity index (χ2n) is 5.89. The van der Waals surface area contributed by atoms with Crippen molar-refractivity contribution in [3.63, 3.8) is 0 Å². The smallest absolute Gasteiger partial charge is 0.0805 e. The average Bonchev–Trinajstić information content (AvgIpc) is 2.37. The number of ether oxygens (including phenoxy) is 2. The summed E-state index contributed by atoms with van der Waals surface area (Å²) >= 11 is 0. The van der Waals surface area contributed by atoms with Crippen LogP contribution < -0.4 is 5.73 Å². The van der Waals surface area contributed by atoms with E-state index in [1.807, 2.05) is 0 Å². The van der Waals surface area contributed by atoms with E-state index in [1.54, 1.807) is 0 Å². The third-order valence-electron chi connectivity index (χ3n) is 4.03. The Hall–Kier alpha value is -0.120. The predicted molar refractivity (Wildman–Crippen MR) is 75.7 cm³/mol. The highest BCUT2D eigenvalue weighted by Crippen LogP contribution is 2.36. The molecule has 3 heteroatoms. The monoisotopic (exact) mass is 257 g/mol. The van der Waals surface area contributed by atoms with Crippen molar-refractivity contribution >= 4 is 0 Å². The fraction of sp³-hybridized carbons (Fsp3) is 1.00. The molecule has 0 saturated heterocycles. The van der Waals surface area contributed by atoms with E-state index in [4.69, 9.17) is 15.2 Å². The molecule has 1 aliphatic carbocycles. The van der Waals surface area contributed by atoms with E-state index in [2.05, 4.69) is 20.8 Å². The normalized spacial score (nSPS) is 28.8. The van der Waals surface area contributed by atoms with Gasteiger partial charge in [0.2, 0.25) is 0 Å². The highest BCUT2D eigenvalue weighted by Gasteiger charge is 2.34. The molecule has 0 atom stereocenters. The molecule has 1 aliphatic rings. The minimum Gasteiger partial charge on any atom is -0.376 e. The van der Waals surface area contributed by atoms with Gasteiger partial charge in [0.1, 0.15) is 0 Å². The van der Waals surface area contributed by atoms with Gasteiger partial charge >= 0.3 is 0 Å².